The fraction of sp³-hybridized carbons (Fsp3) is 0.769. The molecular formula is C13H22O2. The lowest BCUT2D eigenvalue weighted by Gasteiger charge is -2.23. The van der Waals surface area contributed by atoms with E-state index in [1.165, 1.54) is 0 Å². The SMILES string of the molecule is CCC(OC(=O)C1CC=CCC1)C(C)C. The second-order valence-electron chi connectivity index (χ2n) is 4.61. The zero-order chi connectivity index (χ0) is 11.3. The van der Waals surface area contributed by atoms with Gasteiger partial charge in [-0.3, -0.25) is 4.79 Å². The highest BCUT2D eigenvalue weighted by Crippen LogP contribution is 2.21. The van der Waals surface area contributed by atoms with E-state index in [-0.39, 0.29) is 18.0 Å². The predicted octanol–water partition coefficient (Wildman–Crippen LogP) is 3.32. The molecule has 2 nitrogen and oxygen atoms in total. The number of hydrogen-bond acceptors (Lipinski definition) is 2. The number of allylic oxidation sites excluding steroid dienone is 2. The standard InChI is InChI=1S/C13H22O2/c1-4-12(10(2)3)15-13(14)11-8-6-5-7-9-11/h5-6,10-12H,4,7-9H2,1-3H3. The van der Waals surface area contributed by atoms with Crippen LogP contribution in [0.25, 0.3) is 0 Å². The molecule has 0 fully saturated rings. The first-order chi connectivity index (χ1) is 7.15. The van der Waals surface area contributed by atoms with Gasteiger partial charge in [-0.1, -0.05) is 32.9 Å². The quantitative estimate of drug-likeness (QED) is 0.525. The first kappa shape index (κ1) is 12.3. The highest BCUT2D eigenvalue weighted by atomic mass is 16.5. The molecule has 0 heterocycles. The van der Waals surface area contributed by atoms with Crippen LogP contribution in [0.1, 0.15) is 46.5 Å². The van der Waals surface area contributed by atoms with Crippen LogP contribution >= 0.6 is 0 Å². The average Bonchev–Trinajstić information content (AvgIpc) is 2.26. The molecule has 0 saturated heterocycles. The lowest BCUT2D eigenvalue weighted by atomic mass is 9.94. The summed E-state index contributed by atoms with van der Waals surface area (Å²) in [6.45, 7) is 6.27. The van der Waals surface area contributed by atoms with Crippen molar-refractivity contribution >= 4 is 5.97 Å². The van der Waals surface area contributed by atoms with Gasteiger partial charge in [0.25, 0.3) is 0 Å². The Balaban J connectivity index is 2.43. The van der Waals surface area contributed by atoms with E-state index in [1.807, 2.05) is 0 Å². The van der Waals surface area contributed by atoms with Crippen LogP contribution in [0, 0.1) is 11.8 Å². The van der Waals surface area contributed by atoms with Crippen LogP contribution in [0.5, 0.6) is 0 Å². The number of ether oxygens (including phenoxy) is 1. The van der Waals surface area contributed by atoms with Crippen LogP contribution in [0.2, 0.25) is 0 Å². The molecule has 0 aromatic rings. The normalized spacial score (nSPS) is 22.8. The molecule has 0 radical (unpaired) electrons. The molecule has 0 N–H and O–H groups in total. The minimum absolute atomic E-state index is 0.0000926. The predicted molar refractivity (Wildman–Crippen MR) is 61.5 cm³/mol. The molecule has 0 spiro atoms. The Kier molecular flexibility index (Phi) is 4.86. The van der Waals surface area contributed by atoms with Crippen LogP contribution in [-0.2, 0) is 9.53 Å². The van der Waals surface area contributed by atoms with Crippen molar-refractivity contribution in [3.05, 3.63) is 12.2 Å². The van der Waals surface area contributed by atoms with Crippen LogP contribution < -0.4 is 0 Å². The highest BCUT2D eigenvalue weighted by molar-refractivity contribution is 5.73. The van der Waals surface area contributed by atoms with Crippen molar-refractivity contribution in [2.75, 3.05) is 0 Å². The molecular weight excluding hydrogens is 188 g/mol. The van der Waals surface area contributed by atoms with Gasteiger partial charge in [0.15, 0.2) is 0 Å². The van der Waals surface area contributed by atoms with E-state index in [1.54, 1.807) is 0 Å². The molecule has 0 aromatic carbocycles. The lowest BCUT2D eigenvalue weighted by Crippen LogP contribution is -2.27. The van der Waals surface area contributed by atoms with Crippen molar-refractivity contribution in [1.82, 2.24) is 0 Å². The average molecular weight is 210 g/mol. The molecule has 0 aliphatic heterocycles. The van der Waals surface area contributed by atoms with Gasteiger partial charge >= 0.3 is 5.97 Å². The van der Waals surface area contributed by atoms with Gasteiger partial charge in [0, 0.05) is 0 Å². The van der Waals surface area contributed by atoms with Crippen LogP contribution in [-0.4, -0.2) is 12.1 Å². The molecule has 1 aliphatic rings. The van der Waals surface area contributed by atoms with Crippen molar-refractivity contribution in [3.63, 3.8) is 0 Å². The lowest BCUT2D eigenvalue weighted by molar-refractivity contribution is -0.156. The van der Waals surface area contributed by atoms with E-state index in [9.17, 15) is 4.79 Å². The van der Waals surface area contributed by atoms with Crippen LogP contribution in [0.4, 0.5) is 0 Å². The topological polar surface area (TPSA) is 26.3 Å². The summed E-state index contributed by atoms with van der Waals surface area (Å²) in [5.74, 6) is 0.515. The molecule has 2 atom stereocenters. The van der Waals surface area contributed by atoms with E-state index >= 15 is 0 Å². The maximum atomic E-state index is 11.8. The number of rotatable bonds is 4. The van der Waals surface area contributed by atoms with Crippen LogP contribution in [0.3, 0.4) is 0 Å². The van der Waals surface area contributed by atoms with E-state index in [0.29, 0.717) is 5.92 Å². The first-order valence-electron chi connectivity index (χ1n) is 6.00. The molecule has 1 rings (SSSR count). The van der Waals surface area contributed by atoms with Gasteiger partial charge < -0.3 is 4.74 Å². The summed E-state index contributed by atoms with van der Waals surface area (Å²) in [5.41, 5.74) is 0. The molecule has 1 aliphatic carbocycles. The summed E-state index contributed by atoms with van der Waals surface area (Å²) in [6.07, 6.45) is 8.04. The summed E-state index contributed by atoms with van der Waals surface area (Å²) in [5, 5.41) is 0. The van der Waals surface area contributed by atoms with Crippen molar-refractivity contribution in [3.8, 4) is 0 Å². The van der Waals surface area contributed by atoms with Gasteiger partial charge in [-0.2, -0.15) is 0 Å². The molecule has 0 aromatic heterocycles. The Morgan fingerprint density at radius 1 is 1.47 bits per heavy atom. The number of carbonyl (C=O) groups is 1. The van der Waals surface area contributed by atoms with E-state index in [2.05, 4.69) is 32.9 Å². The first-order valence-corrected chi connectivity index (χ1v) is 6.00. The Hall–Kier alpha value is -0.790. The molecule has 0 saturated carbocycles. The Morgan fingerprint density at radius 3 is 2.67 bits per heavy atom. The van der Waals surface area contributed by atoms with Gasteiger partial charge in [-0.15, -0.1) is 0 Å². The van der Waals surface area contributed by atoms with Gasteiger partial charge in [-0.25, -0.2) is 0 Å². The summed E-state index contributed by atoms with van der Waals surface area (Å²) >= 11 is 0. The van der Waals surface area contributed by atoms with Crippen molar-refractivity contribution in [2.24, 2.45) is 11.8 Å². The zero-order valence-corrected chi connectivity index (χ0v) is 10.0. The summed E-state index contributed by atoms with van der Waals surface area (Å²) in [7, 11) is 0. The minimum Gasteiger partial charge on any atom is -0.462 e. The third-order valence-corrected chi connectivity index (χ3v) is 3.02. The van der Waals surface area contributed by atoms with Gasteiger partial charge in [0.2, 0.25) is 0 Å². The molecule has 2 heteroatoms. The highest BCUT2D eigenvalue weighted by Gasteiger charge is 2.24. The largest absolute Gasteiger partial charge is 0.462 e. The Morgan fingerprint density at radius 2 is 2.20 bits per heavy atom. The smallest absolute Gasteiger partial charge is 0.309 e. The monoisotopic (exact) mass is 210 g/mol. The molecule has 0 bridgehead atoms. The molecule has 2 unspecified atom stereocenters. The van der Waals surface area contributed by atoms with Crippen molar-refractivity contribution < 1.29 is 9.53 Å². The van der Waals surface area contributed by atoms with Crippen molar-refractivity contribution in [2.45, 2.75) is 52.6 Å². The fourth-order valence-corrected chi connectivity index (χ4v) is 1.94. The fourth-order valence-electron chi connectivity index (χ4n) is 1.94. The maximum Gasteiger partial charge on any atom is 0.309 e. The Bertz CT molecular complexity index is 231. The maximum absolute atomic E-state index is 11.8. The zero-order valence-electron chi connectivity index (χ0n) is 10.0. The molecule has 86 valence electrons. The number of carbonyl (C=O) groups excluding carboxylic acids is 1. The Labute approximate surface area is 92.7 Å². The summed E-state index contributed by atoms with van der Waals surface area (Å²) in [6, 6.07) is 0. The van der Waals surface area contributed by atoms with E-state index < -0.39 is 0 Å². The van der Waals surface area contributed by atoms with Crippen LogP contribution in [0.15, 0.2) is 12.2 Å². The van der Waals surface area contributed by atoms with E-state index in [0.717, 1.165) is 25.7 Å². The second-order valence-corrected chi connectivity index (χ2v) is 4.61. The van der Waals surface area contributed by atoms with Gasteiger partial charge in [-0.05, 0) is 31.6 Å². The third kappa shape index (κ3) is 3.69. The summed E-state index contributed by atoms with van der Waals surface area (Å²) in [4.78, 5) is 11.8. The molecule has 15 heavy (non-hydrogen) atoms. The summed E-state index contributed by atoms with van der Waals surface area (Å²) < 4.78 is 5.53. The molecule has 0 amide bonds. The second kappa shape index (κ2) is 5.94. The van der Waals surface area contributed by atoms with E-state index in [4.69, 9.17) is 4.74 Å². The van der Waals surface area contributed by atoms with Gasteiger partial charge in [0.1, 0.15) is 6.10 Å². The minimum atomic E-state index is -0.0000926. The van der Waals surface area contributed by atoms with Gasteiger partial charge in [0.05, 0.1) is 5.92 Å². The van der Waals surface area contributed by atoms with Crippen molar-refractivity contribution in [1.29, 1.82) is 0 Å². The number of hydrogen-bond donors (Lipinski definition) is 0. The number of esters is 1. The third-order valence-electron chi connectivity index (χ3n) is 3.02.